The lowest BCUT2D eigenvalue weighted by Crippen LogP contribution is -2.40. The van der Waals surface area contributed by atoms with Gasteiger partial charge in [0, 0.05) is 24.4 Å². The zero-order valence-corrected chi connectivity index (χ0v) is 16.8. The molecule has 0 bridgehead atoms. The van der Waals surface area contributed by atoms with Crippen LogP contribution >= 0.6 is 11.6 Å². The van der Waals surface area contributed by atoms with Crippen molar-refractivity contribution in [3.05, 3.63) is 46.7 Å². The van der Waals surface area contributed by atoms with E-state index < -0.39 is 0 Å². The van der Waals surface area contributed by atoms with Crippen LogP contribution in [0.25, 0.3) is 11.4 Å². The smallest absolute Gasteiger partial charge is 0.255 e. The number of fused-ring (bicyclic) bond motifs is 1. The summed E-state index contributed by atoms with van der Waals surface area (Å²) in [5, 5.41) is 6.83. The average molecular weight is 413 g/mol. The van der Waals surface area contributed by atoms with Gasteiger partial charge in [-0.05, 0) is 24.6 Å². The minimum absolute atomic E-state index is 0.0746. The first kappa shape index (κ1) is 19.1. The van der Waals surface area contributed by atoms with Crippen molar-refractivity contribution in [2.24, 2.45) is 0 Å². The molecule has 0 aliphatic carbocycles. The molecular formula is C20H21ClN6O2. The number of carbonyl (C=O) groups excluding carboxylic acids is 1. The summed E-state index contributed by atoms with van der Waals surface area (Å²) in [4.78, 5) is 24.6. The summed E-state index contributed by atoms with van der Waals surface area (Å²) in [6.07, 6.45) is 3.11. The number of hydrogen-bond acceptors (Lipinski definition) is 6. The van der Waals surface area contributed by atoms with E-state index in [1.54, 1.807) is 25.4 Å². The van der Waals surface area contributed by atoms with E-state index in [2.05, 4.69) is 25.6 Å². The molecule has 1 aliphatic rings. The summed E-state index contributed by atoms with van der Waals surface area (Å²) in [5.74, 6) is 0.489. The second-order valence-electron chi connectivity index (χ2n) is 6.76. The van der Waals surface area contributed by atoms with E-state index in [0.717, 1.165) is 12.1 Å². The number of halogens is 1. The predicted molar refractivity (Wildman–Crippen MR) is 113 cm³/mol. The number of anilines is 3. The van der Waals surface area contributed by atoms with Gasteiger partial charge in [0.15, 0.2) is 5.75 Å². The molecule has 0 unspecified atom stereocenters. The Labute approximate surface area is 172 Å². The van der Waals surface area contributed by atoms with E-state index in [1.807, 2.05) is 19.1 Å². The van der Waals surface area contributed by atoms with Crippen molar-refractivity contribution in [3.63, 3.8) is 0 Å². The molecule has 9 heteroatoms. The molecule has 150 valence electrons. The minimum Gasteiger partial charge on any atom is -0.493 e. The van der Waals surface area contributed by atoms with Gasteiger partial charge in [-0.1, -0.05) is 24.6 Å². The Morgan fingerprint density at radius 2 is 2.21 bits per heavy atom. The van der Waals surface area contributed by atoms with E-state index in [9.17, 15) is 4.79 Å². The number of nitrogens with two attached hydrogens (primary N) is 1. The van der Waals surface area contributed by atoms with Crippen LogP contribution in [0.5, 0.6) is 5.75 Å². The fraction of sp³-hybridized carbons (Fsp3) is 0.250. The molecule has 1 amide bonds. The largest absolute Gasteiger partial charge is 0.493 e. The van der Waals surface area contributed by atoms with Gasteiger partial charge in [0.1, 0.15) is 0 Å². The third kappa shape index (κ3) is 3.47. The zero-order valence-electron chi connectivity index (χ0n) is 16.0. The van der Waals surface area contributed by atoms with Crippen LogP contribution in [-0.4, -0.2) is 34.0 Å². The van der Waals surface area contributed by atoms with Crippen LogP contribution < -0.4 is 21.1 Å². The quantitative estimate of drug-likeness (QED) is 0.509. The summed E-state index contributed by atoms with van der Waals surface area (Å²) in [5.41, 5.74) is 9.63. The Morgan fingerprint density at radius 3 is 2.93 bits per heavy atom. The normalized spacial score (nSPS) is 15.6. The van der Waals surface area contributed by atoms with Crippen molar-refractivity contribution in [3.8, 4) is 17.1 Å². The molecular weight excluding hydrogens is 392 g/mol. The van der Waals surface area contributed by atoms with Crippen molar-refractivity contribution < 1.29 is 9.53 Å². The van der Waals surface area contributed by atoms with E-state index in [0.29, 0.717) is 45.5 Å². The molecule has 3 heterocycles. The van der Waals surface area contributed by atoms with Crippen LogP contribution in [0.15, 0.2) is 30.5 Å². The third-order valence-corrected chi connectivity index (χ3v) is 5.24. The number of aromatic nitrogens is 3. The SMILES string of the molecule is CC[C@@H]1Cc2[nH]c(-c3ccnc(N)n3)c(Nc3cccc(Cl)c3OC)c2C(=O)N1. The number of nitrogens with one attached hydrogen (secondary N) is 3. The van der Waals surface area contributed by atoms with Gasteiger partial charge in [-0.15, -0.1) is 0 Å². The van der Waals surface area contributed by atoms with Gasteiger partial charge < -0.3 is 26.1 Å². The monoisotopic (exact) mass is 412 g/mol. The number of rotatable bonds is 5. The zero-order chi connectivity index (χ0) is 20.5. The molecule has 5 N–H and O–H groups in total. The summed E-state index contributed by atoms with van der Waals surface area (Å²) in [7, 11) is 1.55. The maximum atomic E-state index is 12.9. The van der Waals surface area contributed by atoms with Gasteiger partial charge in [-0.25, -0.2) is 9.97 Å². The summed E-state index contributed by atoms with van der Waals surface area (Å²) in [6.45, 7) is 2.04. The van der Waals surface area contributed by atoms with Crippen molar-refractivity contribution in [2.75, 3.05) is 18.2 Å². The molecule has 1 aliphatic heterocycles. The van der Waals surface area contributed by atoms with Gasteiger partial charge in [0.2, 0.25) is 5.95 Å². The molecule has 1 aromatic carbocycles. The molecule has 0 saturated carbocycles. The number of ether oxygens (including phenoxy) is 1. The van der Waals surface area contributed by atoms with Gasteiger partial charge in [0.05, 0.1) is 40.5 Å². The highest BCUT2D eigenvalue weighted by Crippen LogP contribution is 2.40. The van der Waals surface area contributed by atoms with Crippen LogP contribution in [0, 0.1) is 0 Å². The molecule has 1 atom stereocenters. The van der Waals surface area contributed by atoms with Gasteiger partial charge in [-0.3, -0.25) is 4.79 Å². The first-order valence-electron chi connectivity index (χ1n) is 9.26. The number of carbonyl (C=O) groups is 1. The number of methoxy groups -OCH3 is 1. The number of nitrogen functional groups attached to an aromatic ring is 1. The highest BCUT2D eigenvalue weighted by atomic mass is 35.5. The number of nitrogens with zero attached hydrogens (tertiary/aromatic N) is 2. The van der Waals surface area contributed by atoms with E-state index in [1.165, 1.54) is 0 Å². The van der Waals surface area contributed by atoms with Crippen molar-refractivity contribution >= 4 is 34.8 Å². The Bertz CT molecular complexity index is 1080. The van der Waals surface area contributed by atoms with E-state index in [4.69, 9.17) is 22.1 Å². The van der Waals surface area contributed by atoms with Crippen LogP contribution in [-0.2, 0) is 6.42 Å². The van der Waals surface area contributed by atoms with E-state index >= 15 is 0 Å². The topological polar surface area (TPSA) is 118 Å². The fourth-order valence-electron chi connectivity index (χ4n) is 3.54. The van der Waals surface area contributed by atoms with E-state index in [-0.39, 0.29) is 17.9 Å². The second-order valence-corrected chi connectivity index (χ2v) is 7.16. The van der Waals surface area contributed by atoms with Gasteiger partial charge in [-0.2, -0.15) is 0 Å². The predicted octanol–water partition coefficient (Wildman–Crippen LogP) is 3.52. The number of H-pyrrole nitrogens is 1. The lowest BCUT2D eigenvalue weighted by molar-refractivity contribution is 0.0925. The van der Waals surface area contributed by atoms with Gasteiger partial charge in [0.25, 0.3) is 5.91 Å². The average Bonchev–Trinajstić information content (AvgIpc) is 3.07. The van der Waals surface area contributed by atoms with Crippen LogP contribution in [0.2, 0.25) is 5.02 Å². The summed E-state index contributed by atoms with van der Waals surface area (Å²) in [6, 6.07) is 7.19. The lowest BCUT2D eigenvalue weighted by atomic mass is 9.99. The first-order chi connectivity index (χ1) is 14.0. The maximum Gasteiger partial charge on any atom is 0.255 e. The standard InChI is InChI=1S/C20H21ClN6O2/c1-3-10-9-14-15(19(28)24-10)17(16(26-14)12-7-8-23-20(22)27-12)25-13-6-4-5-11(21)18(13)29-2/h4-8,10,25-26H,3,9H2,1-2H3,(H,24,28)(H2,22,23,27)/t10-/m1/s1. The maximum absolute atomic E-state index is 12.9. The molecule has 0 fully saturated rings. The molecule has 0 radical (unpaired) electrons. The van der Waals surface area contributed by atoms with Crippen LogP contribution in [0.4, 0.5) is 17.3 Å². The summed E-state index contributed by atoms with van der Waals surface area (Å²) < 4.78 is 5.44. The molecule has 2 aromatic heterocycles. The van der Waals surface area contributed by atoms with Crippen molar-refractivity contribution in [1.29, 1.82) is 0 Å². The Kier molecular flexibility index (Phi) is 5.02. The number of hydrogen-bond donors (Lipinski definition) is 4. The highest BCUT2D eigenvalue weighted by Gasteiger charge is 2.31. The van der Waals surface area contributed by atoms with Crippen LogP contribution in [0.1, 0.15) is 29.4 Å². The molecule has 0 spiro atoms. The Balaban J connectivity index is 1.89. The first-order valence-corrected chi connectivity index (χ1v) is 9.63. The molecule has 29 heavy (non-hydrogen) atoms. The Morgan fingerprint density at radius 1 is 1.38 bits per heavy atom. The molecule has 4 rings (SSSR count). The molecule has 8 nitrogen and oxygen atoms in total. The second kappa shape index (κ2) is 7.63. The van der Waals surface area contributed by atoms with Gasteiger partial charge >= 0.3 is 0 Å². The fourth-order valence-corrected chi connectivity index (χ4v) is 3.79. The Hall–Kier alpha value is -3.26. The number of aromatic amines is 1. The number of benzene rings is 1. The minimum atomic E-state index is -0.147. The summed E-state index contributed by atoms with van der Waals surface area (Å²) >= 11 is 6.27. The third-order valence-electron chi connectivity index (χ3n) is 4.94. The highest BCUT2D eigenvalue weighted by molar-refractivity contribution is 6.32. The molecule has 3 aromatic rings. The van der Waals surface area contributed by atoms with Crippen molar-refractivity contribution in [2.45, 2.75) is 25.8 Å². The van der Waals surface area contributed by atoms with Crippen molar-refractivity contribution in [1.82, 2.24) is 20.3 Å². The number of para-hydroxylation sites is 1. The number of amides is 1. The molecule has 0 saturated heterocycles. The van der Waals surface area contributed by atoms with Crippen LogP contribution in [0.3, 0.4) is 0 Å². The lowest BCUT2D eigenvalue weighted by Gasteiger charge is -2.23.